The van der Waals surface area contributed by atoms with Gasteiger partial charge >= 0.3 is 0 Å². The van der Waals surface area contributed by atoms with Crippen LogP contribution in [0.1, 0.15) is 5.69 Å². The predicted octanol–water partition coefficient (Wildman–Crippen LogP) is 0.891. The molecule has 0 amide bonds. The predicted molar refractivity (Wildman–Crippen MR) is 71.6 cm³/mol. The standard InChI is InChI=1S/C13H15N3O3/c1-18-11-5-6-15-10(12(11)19-2)8-16-7-3-4-9(14)13(16)17/h3-7H,8,14H2,1-2H3. The number of hydrogen-bond donors (Lipinski definition) is 1. The maximum Gasteiger partial charge on any atom is 0.274 e. The molecule has 0 saturated heterocycles. The van der Waals surface area contributed by atoms with Crippen molar-refractivity contribution in [3.8, 4) is 11.5 Å². The van der Waals surface area contributed by atoms with E-state index in [9.17, 15) is 4.79 Å². The summed E-state index contributed by atoms with van der Waals surface area (Å²) in [5, 5.41) is 0. The number of ether oxygens (including phenoxy) is 2. The van der Waals surface area contributed by atoms with Crippen LogP contribution in [0.3, 0.4) is 0 Å². The number of hydrogen-bond acceptors (Lipinski definition) is 5. The van der Waals surface area contributed by atoms with E-state index in [4.69, 9.17) is 15.2 Å². The van der Waals surface area contributed by atoms with Crippen molar-refractivity contribution in [2.45, 2.75) is 6.54 Å². The molecule has 0 atom stereocenters. The van der Waals surface area contributed by atoms with Crippen LogP contribution in [0, 0.1) is 0 Å². The van der Waals surface area contributed by atoms with E-state index in [1.807, 2.05) is 0 Å². The van der Waals surface area contributed by atoms with E-state index in [1.54, 1.807) is 37.7 Å². The van der Waals surface area contributed by atoms with Crippen molar-refractivity contribution in [1.29, 1.82) is 0 Å². The molecule has 0 spiro atoms. The average molecular weight is 261 g/mol. The summed E-state index contributed by atoms with van der Waals surface area (Å²) in [6, 6.07) is 4.98. The second kappa shape index (κ2) is 5.43. The van der Waals surface area contributed by atoms with Gasteiger partial charge in [-0.15, -0.1) is 0 Å². The molecule has 19 heavy (non-hydrogen) atoms. The van der Waals surface area contributed by atoms with E-state index in [-0.39, 0.29) is 17.8 Å². The smallest absolute Gasteiger partial charge is 0.274 e. The molecule has 2 heterocycles. The SMILES string of the molecule is COc1ccnc(Cn2cccc(N)c2=O)c1OC. The van der Waals surface area contributed by atoms with Crippen LogP contribution in [0.4, 0.5) is 5.69 Å². The van der Waals surface area contributed by atoms with E-state index < -0.39 is 0 Å². The zero-order chi connectivity index (χ0) is 13.8. The van der Waals surface area contributed by atoms with Crippen LogP contribution in [0.5, 0.6) is 11.5 Å². The minimum absolute atomic E-state index is 0.198. The van der Waals surface area contributed by atoms with Crippen LogP contribution in [-0.2, 0) is 6.54 Å². The number of aromatic nitrogens is 2. The van der Waals surface area contributed by atoms with E-state index in [0.717, 1.165) is 0 Å². The van der Waals surface area contributed by atoms with Crippen LogP contribution in [0.15, 0.2) is 35.4 Å². The third kappa shape index (κ3) is 2.52. The van der Waals surface area contributed by atoms with Crippen LogP contribution in [0.2, 0.25) is 0 Å². The van der Waals surface area contributed by atoms with E-state index in [2.05, 4.69) is 4.98 Å². The summed E-state index contributed by atoms with van der Waals surface area (Å²) in [4.78, 5) is 16.1. The lowest BCUT2D eigenvalue weighted by Crippen LogP contribution is -2.23. The summed E-state index contributed by atoms with van der Waals surface area (Å²) < 4.78 is 11.9. The summed E-state index contributed by atoms with van der Waals surface area (Å²) in [6.45, 7) is 0.268. The molecule has 0 bridgehead atoms. The lowest BCUT2D eigenvalue weighted by atomic mass is 10.3. The Morgan fingerprint density at radius 1 is 1.32 bits per heavy atom. The van der Waals surface area contributed by atoms with Crippen LogP contribution >= 0.6 is 0 Å². The van der Waals surface area contributed by atoms with Crippen molar-refractivity contribution in [2.75, 3.05) is 20.0 Å². The first-order valence-electron chi connectivity index (χ1n) is 5.68. The Labute approximate surface area is 110 Å². The lowest BCUT2D eigenvalue weighted by molar-refractivity contribution is 0.348. The molecule has 0 saturated carbocycles. The Balaban J connectivity index is 2.44. The largest absolute Gasteiger partial charge is 0.493 e. The number of methoxy groups -OCH3 is 2. The van der Waals surface area contributed by atoms with E-state index in [0.29, 0.717) is 17.2 Å². The van der Waals surface area contributed by atoms with Crippen molar-refractivity contribution in [2.24, 2.45) is 0 Å². The first kappa shape index (κ1) is 12.9. The van der Waals surface area contributed by atoms with Gasteiger partial charge in [0.15, 0.2) is 11.5 Å². The van der Waals surface area contributed by atoms with Gasteiger partial charge in [-0.25, -0.2) is 0 Å². The monoisotopic (exact) mass is 261 g/mol. The van der Waals surface area contributed by atoms with Crippen molar-refractivity contribution >= 4 is 5.69 Å². The molecule has 2 aromatic heterocycles. The first-order chi connectivity index (χ1) is 9.17. The minimum Gasteiger partial charge on any atom is -0.493 e. The van der Waals surface area contributed by atoms with Crippen LogP contribution in [-0.4, -0.2) is 23.8 Å². The molecule has 0 aromatic carbocycles. The Morgan fingerprint density at radius 2 is 2.11 bits per heavy atom. The molecule has 0 aliphatic carbocycles. The van der Waals surface area contributed by atoms with Gasteiger partial charge in [-0.3, -0.25) is 9.78 Å². The summed E-state index contributed by atoms with van der Waals surface area (Å²) >= 11 is 0. The molecular weight excluding hydrogens is 246 g/mol. The quantitative estimate of drug-likeness (QED) is 0.884. The highest BCUT2D eigenvalue weighted by Gasteiger charge is 2.12. The number of rotatable bonds is 4. The van der Waals surface area contributed by atoms with E-state index >= 15 is 0 Å². The second-order valence-electron chi connectivity index (χ2n) is 3.89. The number of nitrogens with zero attached hydrogens (tertiary/aromatic N) is 2. The van der Waals surface area contributed by atoms with Crippen molar-refractivity contribution in [3.05, 3.63) is 46.6 Å². The summed E-state index contributed by atoms with van der Waals surface area (Å²) in [5.74, 6) is 1.09. The van der Waals surface area contributed by atoms with E-state index in [1.165, 1.54) is 11.7 Å². The first-order valence-corrected chi connectivity index (χ1v) is 5.68. The highest BCUT2D eigenvalue weighted by atomic mass is 16.5. The molecule has 0 unspecified atom stereocenters. The van der Waals surface area contributed by atoms with Gasteiger partial charge in [0.25, 0.3) is 5.56 Å². The van der Waals surface area contributed by atoms with Gasteiger partial charge in [0.2, 0.25) is 0 Å². The maximum absolute atomic E-state index is 11.9. The fourth-order valence-electron chi connectivity index (χ4n) is 1.80. The number of pyridine rings is 2. The van der Waals surface area contributed by atoms with Gasteiger partial charge in [0.05, 0.1) is 26.5 Å². The molecule has 0 radical (unpaired) electrons. The molecule has 2 aromatic rings. The van der Waals surface area contributed by atoms with Crippen LogP contribution < -0.4 is 20.8 Å². The van der Waals surface area contributed by atoms with Gasteiger partial charge in [-0.2, -0.15) is 0 Å². The summed E-state index contributed by atoms with van der Waals surface area (Å²) in [5.41, 5.74) is 6.14. The molecule has 2 N–H and O–H groups in total. The molecule has 6 heteroatoms. The van der Waals surface area contributed by atoms with Gasteiger partial charge in [0.1, 0.15) is 5.69 Å². The number of nitrogens with two attached hydrogens (primary N) is 1. The topological polar surface area (TPSA) is 79.4 Å². The maximum atomic E-state index is 11.9. The highest BCUT2D eigenvalue weighted by molar-refractivity contribution is 5.43. The Kier molecular flexibility index (Phi) is 3.70. The third-order valence-corrected chi connectivity index (χ3v) is 2.74. The molecule has 2 rings (SSSR count). The molecule has 6 nitrogen and oxygen atoms in total. The molecule has 0 fully saturated rings. The Bertz CT molecular complexity index is 637. The number of nitrogen functional groups attached to an aromatic ring is 1. The highest BCUT2D eigenvalue weighted by Crippen LogP contribution is 2.29. The minimum atomic E-state index is -0.255. The van der Waals surface area contributed by atoms with Gasteiger partial charge in [0, 0.05) is 18.5 Å². The molecular formula is C13H15N3O3. The van der Waals surface area contributed by atoms with Gasteiger partial charge in [-0.05, 0) is 12.1 Å². The Morgan fingerprint density at radius 3 is 2.79 bits per heavy atom. The normalized spacial score (nSPS) is 10.2. The zero-order valence-electron chi connectivity index (χ0n) is 10.8. The molecule has 0 aliphatic rings. The fraction of sp³-hybridized carbons (Fsp3) is 0.231. The van der Waals surface area contributed by atoms with Crippen molar-refractivity contribution in [3.63, 3.8) is 0 Å². The van der Waals surface area contributed by atoms with Gasteiger partial charge < -0.3 is 19.8 Å². The molecule has 0 aliphatic heterocycles. The lowest BCUT2D eigenvalue weighted by Gasteiger charge is -2.12. The number of anilines is 1. The summed E-state index contributed by atoms with van der Waals surface area (Å²) in [6.07, 6.45) is 3.26. The third-order valence-electron chi connectivity index (χ3n) is 2.74. The Hall–Kier alpha value is -2.50. The van der Waals surface area contributed by atoms with Gasteiger partial charge in [-0.1, -0.05) is 0 Å². The average Bonchev–Trinajstić information content (AvgIpc) is 2.43. The fourth-order valence-corrected chi connectivity index (χ4v) is 1.80. The van der Waals surface area contributed by atoms with Crippen molar-refractivity contribution < 1.29 is 9.47 Å². The second-order valence-corrected chi connectivity index (χ2v) is 3.89. The van der Waals surface area contributed by atoms with Crippen molar-refractivity contribution in [1.82, 2.24) is 9.55 Å². The van der Waals surface area contributed by atoms with Crippen LogP contribution in [0.25, 0.3) is 0 Å². The summed E-state index contributed by atoms with van der Waals surface area (Å²) in [7, 11) is 3.08. The molecule has 100 valence electrons. The zero-order valence-corrected chi connectivity index (χ0v) is 10.8.